The summed E-state index contributed by atoms with van der Waals surface area (Å²) < 4.78 is 12.9. The van der Waals surface area contributed by atoms with E-state index in [-0.39, 0.29) is 18.6 Å². The minimum atomic E-state index is -0.127. The number of aromatic amines is 1. The van der Waals surface area contributed by atoms with Crippen LogP contribution in [-0.4, -0.2) is 50.6 Å². The molecule has 3 N–H and O–H groups in total. The molecule has 2 aromatic heterocycles. The first-order valence-electron chi connectivity index (χ1n) is 11.4. The fourth-order valence-corrected chi connectivity index (χ4v) is 4.49. The van der Waals surface area contributed by atoms with Crippen molar-refractivity contribution in [3.63, 3.8) is 0 Å². The number of nitrogens with zero attached hydrogens (tertiary/aromatic N) is 4. The predicted molar refractivity (Wildman–Crippen MR) is 133 cm³/mol. The van der Waals surface area contributed by atoms with Gasteiger partial charge in [-0.3, -0.25) is 9.89 Å². The maximum Gasteiger partial charge on any atom is 0.258 e. The monoisotopic (exact) mass is 495 g/mol. The number of anilines is 2. The molecule has 1 fully saturated rings. The van der Waals surface area contributed by atoms with Gasteiger partial charge >= 0.3 is 0 Å². The highest BCUT2D eigenvalue weighted by atomic mass is 35.5. The molecule has 1 aliphatic rings. The van der Waals surface area contributed by atoms with Crippen molar-refractivity contribution in [1.29, 1.82) is 0 Å². The Morgan fingerprint density at radius 3 is 2.86 bits per heavy atom. The van der Waals surface area contributed by atoms with E-state index in [0.717, 1.165) is 42.1 Å². The Balaban J connectivity index is 1.30. The fourth-order valence-electron chi connectivity index (χ4n) is 4.22. The van der Waals surface area contributed by atoms with Crippen molar-refractivity contribution in [1.82, 2.24) is 30.3 Å². The van der Waals surface area contributed by atoms with Gasteiger partial charge in [0.05, 0.1) is 29.5 Å². The van der Waals surface area contributed by atoms with Crippen LogP contribution in [0, 0.1) is 0 Å². The molecule has 11 heteroatoms. The molecular weight excluding hydrogens is 470 g/mol. The lowest BCUT2D eigenvalue weighted by molar-refractivity contribution is -0.123. The molecule has 0 radical (unpaired) electrons. The zero-order valence-corrected chi connectivity index (χ0v) is 20.2. The second-order valence-corrected chi connectivity index (χ2v) is 8.85. The molecule has 1 aliphatic carbocycles. The van der Waals surface area contributed by atoms with E-state index in [1.54, 1.807) is 37.2 Å². The molecule has 182 valence electrons. The van der Waals surface area contributed by atoms with Gasteiger partial charge in [0.15, 0.2) is 23.9 Å². The first-order valence-corrected chi connectivity index (χ1v) is 11.8. The molecule has 4 aromatic rings. The molecule has 0 atom stereocenters. The molecule has 0 aliphatic heterocycles. The Bertz CT molecular complexity index is 1360. The van der Waals surface area contributed by atoms with Crippen LogP contribution in [0.15, 0.2) is 36.5 Å². The van der Waals surface area contributed by atoms with Gasteiger partial charge in [0.1, 0.15) is 0 Å². The third kappa shape index (κ3) is 4.88. The maximum atomic E-state index is 12.2. The summed E-state index contributed by atoms with van der Waals surface area (Å²) in [5.41, 5.74) is 2.29. The summed E-state index contributed by atoms with van der Waals surface area (Å²) >= 11 is 6.53. The van der Waals surface area contributed by atoms with Gasteiger partial charge in [-0.25, -0.2) is 4.68 Å². The highest BCUT2D eigenvalue weighted by Crippen LogP contribution is 2.34. The summed E-state index contributed by atoms with van der Waals surface area (Å²) in [4.78, 5) is 16.8. The molecule has 1 amide bonds. The summed E-state index contributed by atoms with van der Waals surface area (Å²) in [5, 5.41) is 19.0. The Morgan fingerprint density at radius 1 is 1.23 bits per heavy atom. The minimum absolute atomic E-state index is 0.0656. The number of hydrogen-bond donors (Lipinski definition) is 3. The highest BCUT2D eigenvalue weighted by Gasteiger charge is 2.19. The lowest BCUT2D eigenvalue weighted by Crippen LogP contribution is -2.36. The van der Waals surface area contributed by atoms with E-state index in [9.17, 15) is 4.79 Å². The maximum absolute atomic E-state index is 12.2. The molecule has 5 rings (SSSR count). The van der Waals surface area contributed by atoms with Gasteiger partial charge in [-0.2, -0.15) is 10.1 Å². The van der Waals surface area contributed by atoms with Crippen LogP contribution in [-0.2, 0) is 11.8 Å². The third-order valence-electron chi connectivity index (χ3n) is 6.07. The van der Waals surface area contributed by atoms with Gasteiger partial charge < -0.3 is 20.1 Å². The highest BCUT2D eigenvalue weighted by molar-refractivity contribution is 6.38. The van der Waals surface area contributed by atoms with E-state index >= 15 is 0 Å². The summed E-state index contributed by atoms with van der Waals surface area (Å²) in [6.45, 7) is -0.0656. The van der Waals surface area contributed by atoms with E-state index < -0.39 is 0 Å². The molecule has 0 unspecified atom stereocenters. The van der Waals surface area contributed by atoms with Crippen LogP contribution in [0.4, 0.5) is 11.6 Å². The Hall–Kier alpha value is -3.79. The zero-order chi connectivity index (χ0) is 24.4. The molecule has 35 heavy (non-hydrogen) atoms. The fraction of sp³-hybridized carbons (Fsp3) is 0.333. The number of fused-ring (bicyclic) bond motifs is 1. The third-order valence-corrected chi connectivity index (χ3v) is 6.48. The number of halogens is 1. The predicted octanol–water partition coefficient (Wildman–Crippen LogP) is 4.20. The van der Waals surface area contributed by atoms with Gasteiger partial charge in [0, 0.05) is 24.0 Å². The summed E-state index contributed by atoms with van der Waals surface area (Å²) in [6, 6.07) is 9.37. The Labute approximate surface area is 207 Å². The van der Waals surface area contributed by atoms with Crippen LogP contribution in [0.5, 0.6) is 11.5 Å². The molecule has 10 nitrogen and oxygen atoms in total. The van der Waals surface area contributed by atoms with Crippen LogP contribution in [0.2, 0.25) is 5.02 Å². The molecule has 2 heterocycles. The molecule has 0 bridgehead atoms. The Morgan fingerprint density at radius 2 is 2.06 bits per heavy atom. The average Bonchev–Trinajstić information content (AvgIpc) is 3.62. The van der Waals surface area contributed by atoms with Crippen molar-refractivity contribution in [2.45, 2.75) is 31.7 Å². The normalized spacial score (nSPS) is 13.8. The second kappa shape index (κ2) is 9.83. The number of nitrogens with one attached hydrogen (secondary N) is 3. The summed E-state index contributed by atoms with van der Waals surface area (Å²) in [5.74, 6) is 1.86. The molecule has 0 spiro atoms. The smallest absolute Gasteiger partial charge is 0.258 e. The zero-order valence-electron chi connectivity index (χ0n) is 19.5. The van der Waals surface area contributed by atoms with Crippen LogP contribution >= 0.6 is 11.6 Å². The number of rotatable bonds is 8. The summed E-state index contributed by atoms with van der Waals surface area (Å²) in [6.07, 6.45) is 6.06. The minimum Gasteiger partial charge on any atom is -0.493 e. The number of benzene rings is 2. The van der Waals surface area contributed by atoms with Crippen LogP contribution < -0.4 is 20.1 Å². The molecular formula is C24H26ClN7O3. The average molecular weight is 496 g/mol. The first-order chi connectivity index (χ1) is 17.0. The molecule has 1 saturated carbocycles. The van der Waals surface area contributed by atoms with Crippen LogP contribution in [0.3, 0.4) is 0 Å². The van der Waals surface area contributed by atoms with Crippen molar-refractivity contribution in [2.24, 2.45) is 7.05 Å². The van der Waals surface area contributed by atoms with E-state index in [4.69, 9.17) is 21.1 Å². The lowest BCUT2D eigenvalue weighted by Gasteiger charge is -2.14. The van der Waals surface area contributed by atoms with E-state index in [0.29, 0.717) is 34.0 Å². The van der Waals surface area contributed by atoms with Gasteiger partial charge in [-0.05, 0) is 43.2 Å². The van der Waals surface area contributed by atoms with E-state index in [1.165, 1.54) is 0 Å². The SMILES string of the molecule is COc1cc(-c2nc(Nc3ccc4[nH]ncc4c3Cl)n(C)n2)ccc1OCC(=O)NC1CCCC1. The summed E-state index contributed by atoms with van der Waals surface area (Å²) in [7, 11) is 3.35. The van der Waals surface area contributed by atoms with Crippen molar-refractivity contribution in [3.8, 4) is 22.9 Å². The number of H-pyrrole nitrogens is 1. The van der Waals surface area contributed by atoms with Crippen molar-refractivity contribution in [2.75, 3.05) is 19.0 Å². The number of carbonyl (C=O) groups is 1. The second-order valence-electron chi connectivity index (χ2n) is 8.47. The van der Waals surface area contributed by atoms with Gasteiger partial charge in [0.25, 0.3) is 5.91 Å². The number of hydrogen-bond acceptors (Lipinski definition) is 7. The van der Waals surface area contributed by atoms with Gasteiger partial charge in [-0.15, -0.1) is 5.10 Å². The topological polar surface area (TPSA) is 119 Å². The quantitative estimate of drug-likeness (QED) is 0.335. The van der Waals surface area contributed by atoms with Gasteiger partial charge in [0.2, 0.25) is 5.95 Å². The number of amides is 1. The van der Waals surface area contributed by atoms with Crippen molar-refractivity contribution in [3.05, 3.63) is 41.6 Å². The number of aryl methyl sites for hydroxylation is 1. The number of aromatic nitrogens is 5. The molecule has 0 saturated heterocycles. The van der Waals surface area contributed by atoms with Gasteiger partial charge in [-0.1, -0.05) is 24.4 Å². The van der Waals surface area contributed by atoms with Crippen molar-refractivity contribution < 1.29 is 14.3 Å². The number of ether oxygens (including phenoxy) is 2. The Kier molecular flexibility index (Phi) is 6.45. The van der Waals surface area contributed by atoms with E-state index in [2.05, 4.69) is 30.9 Å². The largest absolute Gasteiger partial charge is 0.493 e. The number of carbonyl (C=O) groups excluding carboxylic acids is 1. The van der Waals surface area contributed by atoms with Crippen molar-refractivity contribution >= 4 is 40.0 Å². The number of methoxy groups -OCH3 is 1. The van der Waals surface area contributed by atoms with E-state index in [1.807, 2.05) is 18.2 Å². The van der Waals surface area contributed by atoms with Crippen LogP contribution in [0.1, 0.15) is 25.7 Å². The first kappa shape index (κ1) is 23.0. The standard InChI is InChI=1S/C24H26ClN7O3/c1-32-24(28-18-9-8-17-16(22(18)25)12-26-30-17)29-23(31-32)14-7-10-19(20(11-14)34-2)35-13-21(33)27-15-5-3-4-6-15/h7-12,15H,3-6,13H2,1-2H3,(H,26,30)(H,27,33)(H,28,29,31). The molecule has 2 aromatic carbocycles. The lowest BCUT2D eigenvalue weighted by atomic mass is 10.2. The van der Waals surface area contributed by atoms with Crippen LogP contribution in [0.25, 0.3) is 22.3 Å².